The van der Waals surface area contributed by atoms with E-state index in [1.807, 2.05) is 31.0 Å². The predicted molar refractivity (Wildman–Crippen MR) is 67.0 cm³/mol. The minimum Gasteiger partial charge on any atom is -0.464 e. The van der Waals surface area contributed by atoms with Crippen molar-refractivity contribution in [2.45, 2.75) is 13.5 Å². The molecular formula is C11H13ClN4O. The van der Waals surface area contributed by atoms with Crippen molar-refractivity contribution in [1.82, 2.24) is 9.97 Å². The number of nitrogen functional groups attached to an aromatic ring is 1. The minimum atomic E-state index is 0.201. The Morgan fingerprint density at radius 2 is 2.24 bits per heavy atom. The number of nitrogens with two attached hydrogens (primary N) is 1. The van der Waals surface area contributed by atoms with Gasteiger partial charge in [-0.15, -0.1) is 0 Å². The molecule has 0 aliphatic heterocycles. The number of hydrogen-bond donors (Lipinski definition) is 1. The molecule has 2 aromatic heterocycles. The van der Waals surface area contributed by atoms with Gasteiger partial charge in [0.15, 0.2) is 5.82 Å². The molecule has 0 unspecified atom stereocenters. The summed E-state index contributed by atoms with van der Waals surface area (Å²) in [5, 5.41) is 0.463. The Bertz CT molecular complexity index is 526. The van der Waals surface area contributed by atoms with Gasteiger partial charge in [-0.3, -0.25) is 0 Å². The van der Waals surface area contributed by atoms with Gasteiger partial charge in [0, 0.05) is 7.05 Å². The van der Waals surface area contributed by atoms with E-state index in [0.717, 1.165) is 11.5 Å². The summed E-state index contributed by atoms with van der Waals surface area (Å²) in [5.41, 5.74) is 5.53. The maximum atomic E-state index is 6.01. The van der Waals surface area contributed by atoms with E-state index in [0.29, 0.717) is 17.4 Å². The number of nitrogens with zero attached hydrogens (tertiary/aromatic N) is 3. The fraction of sp³-hybridized carbons (Fsp3) is 0.273. The number of hydrogen-bond acceptors (Lipinski definition) is 5. The zero-order valence-electron chi connectivity index (χ0n) is 9.64. The normalized spacial score (nSPS) is 10.5. The van der Waals surface area contributed by atoms with E-state index in [2.05, 4.69) is 9.97 Å². The Kier molecular flexibility index (Phi) is 3.19. The Balaban J connectivity index is 2.19. The predicted octanol–water partition coefficient (Wildman–Crippen LogP) is 2.25. The zero-order chi connectivity index (χ0) is 12.4. The average molecular weight is 253 g/mol. The van der Waals surface area contributed by atoms with E-state index in [1.54, 1.807) is 0 Å². The largest absolute Gasteiger partial charge is 0.464 e. The van der Waals surface area contributed by atoms with Crippen molar-refractivity contribution in [2.75, 3.05) is 17.7 Å². The van der Waals surface area contributed by atoms with E-state index >= 15 is 0 Å². The van der Waals surface area contributed by atoms with Gasteiger partial charge in [-0.05, 0) is 19.1 Å². The van der Waals surface area contributed by atoms with Gasteiger partial charge >= 0.3 is 0 Å². The van der Waals surface area contributed by atoms with Crippen LogP contribution in [-0.2, 0) is 6.54 Å². The fourth-order valence-corrected chi connectivity index (χ4v) is 1.75. The van der Waals surface area contributed by atoms with Gasteiger partial charge in [0.1, 0.15) is 16.5 Å². The smallest absolute Gasteiger partial charge is 0.222 e. The Labute approximate surface area is 104 Å². The van der Waals surface area contributed by atoms with Crippen LogP contribution in [0.3, 0.4) is 0 Å². The lowest BCUT2D eigenvalue weighted by Crippen LogP contribution is -2.18. The molecule has 0 aromatic carbocycles. The quantitative estimate of drug-likeness (QED) is 0.907. The van der Waals surface area contributed by atoms with Crippen molar-refractivity contribution in [3.05, 3.63) is 34.9 Å². The standard InChI is InChI=1S/C11H13ClN4O/c1-7-3-4-8(17-7)6-16(2)10-9(12)5-14-11(13)15-10/h3-5H,6H2,1-2H3,(H2,13,14,15). The van der Waals surface area contributed by atoms with Gasteiger partial charge in [-0.25, -0.2) is 4.98 Å². The van der Waals surface area contributed by atoms with Crippen LogP contribution < -0.4 is 10.6 Å². The molecule has 17 heavy (non-hydrogen) atoms. The van der Waals surface area contributed by atoms with Crippen molar-refractivity contribution in [2.24, 2.45) is 0 Å². The van der Waals surface area contributed by atoms with E-state index in [1.165, 1.54) is 6.20 Å². The summed E-state index contributed by atoms with van der Waals surface area (Å²) in [7, 11) is 1.87. The molecule has 2 heterocycles. The second-order valence-corrected chi connectivity index (χ2v) is 4.18. The van der Waals surface area contributed by atoms with Gasteiger partial charge in [-0.2, -0.15) is 4.98 Å². The van der Waals surface area contributed by atoms with Gasteiger partial charge in [0.25, 0.3) is 0 Å². The number of halogens is 1. The molecule has 5 nitrogen and oxygen atoms in total. The first-order valence-corrected chi connectivity index (χ1v) is 5.48. The maximum Gasteiger partial charge on any atom is 0.222 e. The summed E-state index contributed by atoms with van der Waals surface area (Å²) < 4.78 is 5.49. The molecule has 0 fully saturated rings. The highest BCUT2D eigenvalue weighted by Gasteiger charge is 2.11. The molecule has 0 amide bonds. The summed E-state index contributed by atoms with van der Waals surface area (Å²) in [4.78, 5) is 9.77. The highest BCUT2D eigenvalue weighted by molar-refractivity contribution is 6.32. The molecule has 0 saturated heterocycles. The highest BCUT2D eigenvalue weighted by Crippen LogP contribution is 2.23. The molecule has 0 saturated carbocycles. The summed E-state index contributed by atoms with van der Waals surface area (Å²) in [6.07, 6.45) is 1.49. The van der Waals surface area contributed by atoms with Crippen molar-refractivity contribution in [3.63, 3.8) is 0 Å². The lowest BCUT2D eigenvalue weighted by atomic mass is 10.4. The summed E-state index contributed by atoms with van der Waals surface area (Å²) in [5.74, 6) is 2.51. The van der Waals surface area contributed by atoms with Gasteiger partial charge in [-0.1, -0.05) is 11.6 Å². The SMILES string of the molecule is Cc1ccc(CN(C)c2nc(N)ncc2Cl)o1. The monoisotopic (exact) mass is 252 g/mol. The molecule has 0 bridgehead atoms. The molecule has 2 rings (SSSR count). The van der Waals surface area contributed by atoms with Crippen molar-refractivity contribution >= 4 is 23.4 Å². The minimum absolute atomic E-state index is 0.201. The van der Waals surface area contributed by atoms with Crippen molar-refractivity contribution in [3.8, 4) is 0 Å². The molecule has 0 radical (unpaired) electrons. The summed E-state index contributed by atoms with van der Waals surface area (Å²) in [6, 6.07) is 3.84. The van der Waals surface area contributed by atoms with Crippen LogP contribution in [0, 0.1) is 6.92 Å². The van der Waals surface area contributed by atoms with E-state index < -0.39 is 0 Å². The molecule has 0 aliphatic carbocycles. The van der Waals surface area contributed by atoms with Crippen molar-refractivity contribution < 1.29 is 4.42 Å². The molecule has 90 valence electrons. The Morgan fingerprint density at radius 3 is 2.88 bits per heavy atom. The molecule has 6 heteroatoms. The second kappa shape index (κ2) is 4.63. The number of rotatable bonds is 3. The molecular weight excluding hydrogens is 240 g/mol. The van der Waals surface area contributed by atoms with E-state index in [-0.39, 0.29) is 5.95 Å². The average Bonchev–Trinajstić information content (AvgIpc) is 2.67. The van der Waals surface area contributed by atoms with Crippen LogP contribution in [0.15, 0.2) is 22.7 Å². The van der Waals surface area contributed by atoms with Crippen LogP contribution in [0.25, 0.3) is 0 Å². The Hall–Kier alpha value is -1.75. The molecule has 2 aromatic rings. The third-order valence-corrected chi connectivity index (χ3v) is 2.56. The molecule has 0 aliphatic rings. The number of furan rings is 1. The lowest BCUT2D eigenvalue weighted by molar-refractivity contribution is 0.481. The van der Waals surface area contributed by atoms with Crippen LogP contribution in [0.2, 0.25) is 5.02 Å². The van der Waals surface area contributed by atoms with Crippen LogP contribution >= 0.6 is 11.6 Å². The van der Waals surface area contributed by atoms with Crippen LogP contribution in [0.4, 0.5) is 11.8 Å². The molecule has 0 spiro atoms. The van der Waals surface area contributed by atoms with Crippen LogP contribution in [-0.4, -0.2) is 17.0 Å². The number of anilines is 2. The summed E-state index contributed by atoms with van der Waals surface area (Å²) >= 11 is 6.01. The Morgan fingerprint density at radius 1 is 1.47 bits per heavy atom. The van der Waals surface area contributed by atoms with E-state index in [4.69, 9.17) is 21.8 Å². The number of aryl methyl sites for hydroxylation is 1. The van der Waals surface area contributed by atoms with Gasteiger partial charge < -0.3 is 15.1 Å². The first kappa shape index (κ1) is 11.7. The number of aromatic nitrogens is 2. The third-order valence-electron chi connectivity index (χ3n) is 2.29. The topological polar surface area (TPSA) is 68.2 Å². The van der Waals surface area contributed by atoms with Crippen molar-refractivity contribution in [1.29, 1.82) is 0 Å². The van der Waals surface area contributed by atoms with E-state index in [9.17, 15) is 0 Å². The fourth-order valence-electron chi connectivity index (χ4n) is 1.52. The van der Waals surface area contributed by atoms with Gasteiger partial charge in [0.05, 0.1) is 12.7 Å². The first-order valence-electron chi connectivity index (χ1n) is 5.10. The van der Waals surface area contributed by atoms with Crippen LogP contribution in [0.1, 0.15) is 11.5 Å². The van der Waals surface area contributed by atoms with Crippen LogP contribution in [0.5, 0.6) is 0 Å². The second-order valence-electron chi connectivity index (χ2n) is 3.77. The highest BCUT2D eigenvalue weighted by atomic mass is 35.5. The van der Waals surface area contributed by atoms with Gasteiger partial charge in [0.2, 0.25) is 5.95 Å². The third kappa shape index (κ3) is 2.68. The first-order chi connectivity index (χ1) is 8.06. The lowest BCUT2D eigenvalue weighted by Gasteiger charge is -2.17. The zero-order valence-corrected chi connectivity index (χ0v) is 10.4. The summed E-state index contributed by atoms with van der Waals surface area (Å²) in [6.45, 7) is 2.48. The maximum absolute atomic E-state index is 6.01. The molecule has 0 atom stereocenters. The molecule has 2 N–H and O–H groups in total.